The molecule has 0 aliphatic rings. The number of pyridine rings is 1. The maximum Gasteiger partial charge on any atom is 0.109 e. The minimum Gasteiger partial charge on any atom is -0.399 e. The average Bonchev–Trinajstić information content (AvgIpc) is 2.83. The van der Waals surface area contributed by atoms with Crippen molar-refractivity contribution in [1.82, 2.24) is 14.5 Å². The highest BCUT2D eigenvalue weighted by molar-refractivity contribution is 5.79. The summed E-state index contributed by atoms with van der Waals surface area (Å²) in [6.07, 6.45) is 6.77. The van der Waals surface area contributed by atoms with Crippen LogP contribution in [0, 0.1) is 0 Å². The van der Waals surface area contributed by atoms with E-state index in [2.05, 4.69) is 28.6 Å². The molecular formula is C17H20N4. The molecule has 2 N–H and O–H groups in total. The van der Waals surface area contributed by atoms with E-state index in [1.165, 1.54) is 5.56 Å². The lowest BCUT2D eigenvalue weighted by atomic mass is 10.2. The van der Waals surface area contributed by atoms with Gasteiger partial charge >= 0.3 is 0 Å². The molecule has 108 valence electrons. The highest BCUT2D eigenvalue weighted by Gasteiger charge is 2.10. The predicted molar refractivity (Wildman–Crippen MR) is 86.1 cm³/mol. The van der Waals surface area contributed by atoms with Crippen LogP contribution in [0.25, 0.3) is 11.0 Å². The van der Waals surface area contributed by atoms with Crippen LogP contribution in [0.4, 0.5) is 5.69 Å². The molecule has 0 atom stereocenters. The van der Waals surface area contributed by atoms with Gasteiger partial charge < -0.3 is 10.3 Å². The van der Waals surface area contributed by atoms with Crippen molar-refractivity contribution >= 4 is 16.7 Å². The zero-order valence-corrected chi connectivity index (χ0v) is 12.3. The van der Waals surface area contributed by atoms with E-state index in [4.69, 9.17) is 10.7 Å². The van der Waals surface area contributed by atoms with Crippen molar-refractivity contribution in [2.45, 2.75) is 32.7 Å². The second kappa shape index (κ2) is 5.95. The quantitative estimate of drug-likeness (QED) is 0.730. The largest absolute Gasteiger partial charge is 0.399 e. The Bertz CT molecular complexity index is 731. The van der Waals surface area contributed by atoms with E-state index in [1.54, 1.807) is 6.20 Å². The fourth-order valence-corrected chi connectivity index (χ4v) is 2.65. The number of imidazole rings is 1. The maximum atomic E-state index is 5.86. The monoisotopic (exact) mass is 280 g/mol. The molecule has 3 rings (SSSR count). The average molecular weight is 280 g/mol. The summed E-state index contributed by atoms with van der Waals surface area (Å²) in [5, 5.41) is 0. The molecule has 2 heterocycles. The van der Waals surface area contributed by atoms with Crippen molar-refractivity contribution in [2.24, 2.45) is 0 Å². The minimum absolute atomic E-state index is 0.766. The lowest BCUT2D eigenvalue weighted by molar-refractivity contribution is 0.658. The molecule has 0 spiro atoms. The zero-order chi connectivity index (χ0) is 14.7. The lowest BCUT2D eigenvalue weighted by Gasteiger charge is -2.08. The molecule has 0 aliphatic carbocycles. The number of benzene rings is 1. The maximum absolute atomic E-state index is 5.86. The van der Waals surface area contributed by atoms with Crippen molar-refractivity contribution in [1.29, 1.82) is 0 Å². The number of fused-ring (bicyclic) bond motifs is 1. The Morgan fingerprint density at radius 3 is 2.86 bits per heavy atom. The fraction of sp³-hybridized carbons (Fsp3) is 0.294. The van der Waals surface area contributed by atoms with Crippen molar-refractivity contribution in [3.05, 3.63) is 54.1 Å². The third-order valence-corrected chi connectivity index (χ3v) is 3.67. The summed E-state index contributed by atoms with van der Waals surface area (Å²) >= 11 is 0. The van der Waals surface area contributed by atoms with E-state index < -0.39 is 0 Å². The number of anilines is 1. The molecule has 0 aliphatic heterocycles. The molecule has 4 heteroatoms. The molecule has 0 bridgehead atoms. The highest BCUT2D eigenvalue weighted by Crippen LogP contribution is 2.20. The van der Waals surface area contributed by atoms with E-state index in [9.17, 15) is 0 Å². The van der Waals surface area contributed by atoms with Crippen molar-refractivity contribution in [3.8, 4) is 0 Å². The van der Waals surface area contributed by atoms with Crippen molar-refractivity contribution in [2.75, 3.05) is 5.73 Å². The van der Waals surface area contributed by atoms with Crippen LogP contribution in [-0.2, 0) is 19.4 Å². The number of aryl methyl sites for hydroxylation is 3. The first-order valence-electron chi connectivity index (χ1n) is 7.41. The number of rotatable bonds is 5. The van der Waals surface area contributed by atoms with Crippen molar-refractivity contribution < 1.29 is 0 Å². The van der Waals surface area contributed by atoms with Crippen LogP contribution in [0.2, 0.25) is 0 Å². The Morgan fingerprint density at radius 1 is 1.19 bits per heavy atom. The van der Waals surface area contributed by atoms with Crippen LogP contribution in [0.5, 0.6) is 0 Å². The summed E-state index contributed by atoms with van der Waals surface area (Å²) < 4.78 is 2.31. The Hall–Kier alpha value is -2.36. The molecule has 0 saturated heterocycles. The number of nitrogens with zero attached hydrogens (tertiary/aromatic N) is 3. The number of hydrogen-bond donors (Lipinski definition) is 1. The summed E-state index contributed by atoms with van der Waals surface area (Å²) in [5.41, 5.74) is 10.0. The Labute approximate surface area is 124 Å². The molecule has 2 aromatic heterocycles. The number of hydrogen-bond acceptors (Lipinski definition) is 3. The van der Waals surface area contributed by atoms with Crippen LogP contribution in [0.3, 0.4) is 0 Å². The SMILES string of the molecule is CCCc1nc2cc(N)ccc2n1CCc1cccnc1. The molecule has 0 unspecified atom stereocenters. The smallest absolute Gasteiger partial charge is 0.109 e. The first kappa shape index (κ1) is 13.6. The van der Waals surface area contributed by atoms with E-state index in [0.29, 0.717) is 0 Å². The summed E-state index contributed by atoms with van der Waals surface area (Å²) in [5.74, 6) is 1.14. The van der Waals surface area contributed by atoms with E-state index in [-0.39, 0.29) is 0 Å². The Balaban J connectivity index is 1.93. The standard InChI is InChI=1S/C17H20N4/c1-2-4-17-20-15-11-14(18)6-7-16(15)21(17)10-8-13-5-3-9-19-12-13/h3,5-7,9,11-12H,2,4,8,10,18H2,1H3. The van der Waals surface area contributed by atoms with Gasteiger partial charge in [-0.2, -0.15) is 0 Å². The molecule has 4 nitrogen and oxygen atoms in total. The van der Waals surface area contributed by atoms with Gasteiger partial charge in [-0.3, -0.25) is 4.98 Å². The molecule has 1 aromatic carbocycles. The number of nitrogen functional groups attached to an aromatic ring is 1. The zero-order valence-electron chi connectivity index (χ0n) is 12.3. The van der Waals surface area contributed by atoms with Gasteiger partial charge in [0.25, 0.3) is 0 Å². The van der Waals surface area contributed by atoms with Crippen LogP contribution in [0.15, 0.2) is 42.7 Å². The van der Waals surface area contributed by atoms with Crippen molar-refractivity contribution in [3.63, 3.8) is 0 Å². The Morgan fingerprint density at radius 2 is 2.10 bits per heavy atom. The summed E-state index contributed by atoms with van der Waals surface area (Å²) in [4.78, 5) is 8.92. The Kier molecular flexibility index (Phi) is 3.86. The molecule has 3 aromatic rings. The van der Waals surface area contributed by atoms with Gasteiger partial charge in [-0.25, -0.2) is 4.98 Å². The third kappa shape index (κ3) is 2.89. The number of aromatic nitrogens is 3. The van der Waals surface area contributed by atoms with Crippen LogP contribution in [0.1, 0.15) is 24.7 Å². The molecule has 0 saturated carbocycles. The molecule has 21 heavy (non-hydrogen) atoms. The normalized spacial score (nSPS) is 11.1. The van der Waals surface area contributed by atoms with Gasteiger partial charge in [0, 0.05) is 31.0 Å². The fourth-order valence-electron chi connectivity index (χ4n) is 2.65. The first-order chi connectivity index (χ1) is 10.3. The second-order valence-electron chi connectivity index (χ2n) is 5.29. The molecule has 0 radical (unpaired) electrons. The first-order valence-corrected chi connectivity index (χ1v) is 7.41. The summed E-state index contributed by atoms with van der Waals surface area (Å²) in [6.45, 7) is 3.10. The molecule has 0 amide bonds. The van der Waals surface area contributed by atoms with Crippen LogP contribution >= 0.6 is 0 Å². The van der Waals surface area contributed by atoms with Gasteiger partial charge in [0.05, 0.1) is 11.0 Å². The van der Waals surface area contributed by atoms with Gasteiger partial charge in [0.2, 0.25) is 0 Å². The van der Waals surface area contributed by atoms with Gasteiger partial charge in [0.15, 0.2) is 0 Å². The van der Waals surface area contributed by atoms with Gasteiger partial charge in [-0.15, -0.1) is 0 Å². The number of nitrogens with two attached hydrogens (primary N) is 1. The minimum atomic E-state index is 0.766. The van der Waals surface area contributed by atoms with E-state index in [0.717, 1.165) is 48.4 Å². The van der Waals surface area contributed by atoms with E-state index in [1.807, 2.05) is 24.4 Å². The van der Waals surface area contributed by atoms with Gasteiger partial charge in [0.1, 0.15) is 5.82 Å². The van der Waals surface area contributed by atoms with Gasteiger partial charge in [-0.05, 0) is 42.7 Å². The lowest BCUT2D eigenvalue weighted by Crippen LogP contribution is -2.06. The van der Waals surface area contributed by atoms with Gasteiger partial charge in [-0.1, -0.05) is 13.0 Å². The van der Waals surface area contributed by atoms with E-state index >= 15 is 0 Å². The molecule has 0 fully saturated rings. The highest BCUT2D eigenvalue weighted by atomic mass is 15.1. The van der Waals surface area contributed by atoms with Crippen LogP contribution < -0.4 is 5.73 Å². The second-order valence-corrected chi connectivity index (χ2v) is 5.29. The van der Waals surface area contributed by atoms with Crippen LogP contribution in [-0.4, -0.2) is 14.5 Å². The predicted octanol–water partition coefficient (Wildman–Crippen LogP) is 3.21. The summed E-state index contributed by atoms with van der Waals surface area (Å²) in [7, 11) is 0. The molecular weight excluding hydrogens is 260 g/mol. The topological polar surface area (TPSA) is 56.7 Å². The third-order valence-electron chi connectivity index (χ3n) is 3.67. The summed E-state index contributed by atoms with van der Waals surface area (Å²) in [6, 6.07) is 10.1.